The molecule has 140 valence electrons. The number of aromatic nitrogens is 4. The molecule has 0 saturated heterocycles. The Morgan fingerprint density at radius 2 is 1.79 bits per heavy atom. The zero-order chi connectivity index (χ0) is 19.7. The Bertz CT molecular complexity index is 1140. The first kappa shape index (κ1) is 17.9. The summed E-state index contributed by atoms with van der Waals surface area (Å²) in [7, 11) is 0. The standard InChI is InChI=1S/C22H21N5O/c1-22(2,3)18-14-20(27(26-18)19-10-6-7-13-23-19)25-21(28)17-12-11-15-8-4-5-9-16(15)24-17/h4-14H,1-3H3,(H,25,28). The summed E-state index contributed by atoms with van der Waals surface area (Å²) in [5.74, 6) is 0.909. The second kappa shape index (κ2) is 6.88. The summed E-state index contributed by atoms with van der Waals surface area (Å²) in [5, 5.41) is 8.60. The fourth-order valence-electron chi connectivity index (χ4n) is 2.86. The number of nitrogens with zero attached hydrogens (tertiary/aromatic N) is 4. The van der Waals surface area contributed by atoms with Gasteiger partial charge in [0.15, 0.2) is 5.82 Å². The molecule has 0 saturated carbocycles. The van der Waals surface area contributed by atoms with Crippen molar-refractivity contribution in [2.45, 2.75) is 26.2 Å². The second-order valence-electron chi connectivity index (χ2n) is 7.61. The highest BCUT2D eigenvalue weighted by Crippen LogP contribution is 2.26. The number of carbonyl (C=O) groups is 1. The van der Waals surface area contributed by atoms with E-state index in [1.54, 1.807) is 16.9 Å². The van der Waals surface area contributed by atoms with Crippen molar-refractivity contribution in [3.8, 4) is 5.82 Å². The lowest BCUT2D eigenvalue weighted by atomic mass is 9.92. The zero-order valence-corrected chi connectivity index (χ0v) is 16.0. The van der Waals surface area contributed by atoms with Crippen molar-refractivity contribution in [2.75, 3.05) is 5.32 Å². The van der Waals surface area contributed by atoms with Crippen molar-refractivity contribution in [2.24, 2.45) is 0 Å². The normalized spacial score (nSPS) is 11.5. The molecule has 0 unspecified atom stereocenters. The summed E-state index contributed by atoms with van der Waals surface area (Å²) < 4.78 is 1.65. The van der Waals surface area contributed by atoms with Crippen molar-refractivity contribution in [1.29, 1.82) is 0 Å². The maximum Gasteiger partial charge on any atom is 0.275 e. The number of hydrogen-bond acceptors (Lipinski definition) is 4. The van der Waals surface area contributed by atoms with Crippen LogP contribution in [0.15, 0.2) is 66.9 Å². The Morgan fingerprint density at radius 3 is 2.54 bits per heavy atom. The van der Waals surface area contributed by atoms with Gasteiger partial charge in [-0.3, -0.25) is 4.79 Å². The fourth-order valence-corrected chi connectivity index (χ4v) is 2.86. The third kappa shape index (κ3) is 3.49. The molecule has 1 amide bonds. The number of nitrogens with one attached hydrogen (secondary N) is 1. The molecule has 0 aliphatic rings. The minimum absolute atomic E-state index is 0.166. The average Bonchev–Trinajstić information content (AvgIpc) is 3.12. The van der Waals surface area contributed by atoms with Crippen LogP contribution in [-0.2, 0) is 5.41 Å². The molecule has 3 heterocycles. The number of anilines is 1. The summed E-state index contributed by atoms with van der Waals surface area (Å²) in [6.07, 6.45) is 1.70. The maximum atomic E-state index is 12.9. The number of rotatable bonds is 3. The van der Waals surface area contributed by atoms with Crippen LogP contribution in [0.1, 0.15) is 37.0 Å². The predicted molar refractivity (Wildman–Crippen MR) is 110 cm³/mol. The number of amides is 1. The van der Waals surface area contributed by atoms with Gasteiger partial charge < -0.3 is 5.32 Å². The molecule has 1 N–H and O–H groups in total. The van der Waals surface area contributed by atoms with E-state index in [1.165, 1.54) is 0 Å². The van der Waals surface area contributed by atoms with E-state index in [9.17, 15) is 4.79 Å². The molecule has 4 rings (SSSR count). The van der Waals surface area contributed by atoms with E-state index < -0.39 is 0 Å². The molecule has 0 bridgehead atoms. The van der Waals surface area contributed by atoms with Crippen LogP contribution < -0.4 is 5.32 Å². The Kier molecular flexibility index (Phi) is 4.39. The van der Waals surface area contributed by atoms with Gasteiger partial charge in [0, 0.05) is 23.1 Å². The van der Waals surface area contributed by atoms with Crippen LogP contribution in [-0.4, -0.2) is 25.7 Å². The van der Waals surface area contributed by atoms with Gasteiger partial charge in [-0.25, -0.2) is 9.97 Å². The monoisotopic (exact) mass is 371 g/mol. The molecule has 0 atom stereocenters. The third-order valence-electron chi connectivity index (χ3n) is 4.42. The summed E-state index contributed by atoms with van der Waals surface area (Å²) >= 11 is 0. The van der Waals surface area contributed by atoms with E-state index in [0.29, 0.717) is 17.3 Å². The van der Waals surface area contributed by atoms with Gasteiger partial charge in [-0.05, 0) is 24.3 Å². The Morgan fingerprint density at radius 1 is 1.00 bits per heavy atom. The van der Waals surface area contributed by atoms with E-state index in [2.05, 4.69) is 41.2 Å². The van der Waals surface area contributed by atoms with Crippen LogP contribution >= 0.6 is 0 Å². The highest BCUT2D eigenvalue weighted by Gasteiger charge is 2.22. The molecule has 0 aliphatic heterocycles. The molecular weight excluding hydrogens is 350 g/mol. The van der Waals surface area contributed by atoms with Crippen LogP contribution in [0.25, 0.3) is 16.7 Å². The molecule has 28 heavy (non-hydrogen) atoms. The molecule has 3 aromatic heterocycles. The number of fused-ring (bicyclic) bond motifs is 1. The van der Waals surface area contributed by atoms with Crippen LogP contribution in [0, 0.1) is 0 Å². The average molecular weight is 371 g/mol. The lowest BCUT2D eigenvalue weighted by Gasteiger charge is -2.13. The topological polar surface area (TPSA) is 72.7 Å². The molecular formula is C22H21N5O. The smallest absolute Gasteiger partial charge is 0.275 e. The van der Waals surface area contributed by atoms with Gasteiger partial charge in [-0.2, -0.15) is 9.78 Å². The van der Waals surface area contributed by atoms with E-state index >= 15 is 0 Å². The summed E-state index contributed by atoms with van der Waals surface area (Å²) in [6.45, 7) is 6.23. The third-order valence-corrected chi connectivity index (χ3v) is 4.42. The van der Waals surface area contributed by atoms with E-state index in [4.69, 9.17) is 0 Å². The Balaban J connectivity index is 1.71. The van der Waals surface area contributed by atoms with Crippen LogP contribution in [0.2, 0.25) is 0 Å². The van der Waals surface area contributed by atoms with Crippen molar-refractivity contribution in [3.63, 3.8) is 0 Å². The molecule has 0 aliphatic carbocycles. The zero-order valence-electron chi connectivity index (χ0n) is 16.0. The van der Waals surface area contributed by atoms with Gasteiger partial charge in [0.1, 0.15) is 11.5 Å². The summed E-state index contributed by atoms with van der Waals surface area (Å²) in [4.78, 5) is 21.7. The van der Waals surface area contributed by atoms with Crippen LogP contribution in [0.4, 0.5) is 5.82 Å². The number of para-hydroxylation sites is 1. The minimum atomic E-state index is -0.289. The molecule has 0 fully saturated rings. The first-order valence-electron chi connectivity index (χ1n) is 9.11. The molecule has 6 heteroatoms. The first-order valence-corrected chi connectivity index (χ1v) is 9.11. The lowest BCUT2D eigenvalue weighted by Crippen LogP contribution is -2.16. The molecule has 1 aromatic carbocycles. The van der Waals surface area contributed by atoms with E-state index in [1.807, 2.05) is 54.6 Å². The van der Waals surface area contributed by atoms with E-state index in [-0.39, 0.29) is 11.3 Å². The minimum Gasteiger partial charge on any atom is -0.305 e. The second-order valence-corrected chi connectivity index (χ2v) is 7.61. The predicted octanol–water partition coefficient (Wildman–Crippen LogP) is 4.37. The van der Waals surface area contributed by atoms with Crippen LogP contribution in [0.3, 0.4) is 0 Å². The first-order chi connectivity index (χ1) is 13.4. The number of carbonyl (C=O) groups excluding carboxylic acids is 1. The lowest BCUT2D eigenvalue weighted by molar-refractivity contribution is 0.102. The summed E-state index contributed by atoms with van der Waals surface area (Å²) in [5.41, 5.74) is 1.83. The largest absolute Gasteiger partial charge is 0.305 e. The van der Waals surface area contributed by atoms with Gasteiger partial charge >= 0.3 is 0 Å². The number of benzene rings is 1. The van der Waals surface area contributed by atoms with Crippen molar-refractivity contribution < 1.29 is 4.79 Å². The van der Waals surface area contributed by atoms with Crippen LogP contribution in [0.5, 0.6) is 0 Å². The van der Waals surface area contributed by atoms with Gasteiger partial charge in [-0.1, -0.05) is 51.1 Å². The molecule has 0 radical (unpaired) electrons. The number of hydrogen-bond donors (Lipinski definition) is 1. The van der Waals surface area contributed by atoms with E-state index in [0.717, 1.165) is 16.6 Å². The van der Waals surface area contributed by atoms with Gasteiger partial charge in [-0.15, -0.1) is 0 Å². The highest BCUT2D eigenvalue weighted by molar-refractivity contribution is 6.03. The molecule has 0 spiro atoms. The van der Waals surface area contributed by atoms with Crippen molar-refractivity contribution >= 4 is 22.6 Å². The molecule has 4 aromatic rings. The van der Waals surface area contributed by atoms with Crippen molar-refractivity contribution in [1.82, 2.24) is 19.7 Å². The number of pyridine rings is 2. The quantitative estimate of drug-likeness (QED) is 0.580. The fraction of sp³-hybridized carbons (Fsp3) is 0.182. The maximum absolute atomic E-state index is 12.9. The van der Waals surface area contributed by atoms with Gasteiger partial charge in [0.2, 0.25) is 0 Å². The van der Waals surface area contributed by atoms with Gasteiger partial charge in [0.25, 0.3) is 5.91 Å². The SMILES string of the molecule is CC(C)(C)c1cc(NC(=O)c2ccc3ccccc3n2)n(-c2ccccn2)n1. The highest BCUT2D eigenvalue weighted by atomic mass is 16.2. The van der Waals surface area contributed by atoms with Crippen molar-refractivity contribution in [3.05, 3.63) is 78.2 Å². The molecule has 6 nitrogen and oxygen atoms in total. The Hall–Kier alpha value is -3.54. The van der Waals surface area contributed by atoms with Gasteiger partial charge in [0.05, 0.1) is 11.2 Å². The Labute approximate surface area is 163 Å². The summed E-state index contributed by atoms with van der Waals surface area (Å²) in [6, 6.07) is 18.8.